The highest BCUT2D eigenvalue weighted by molar-refractivity contribution is 8.06. The van der Waals surface area contributed by atoms with Crippen LogP contribution in [-0.4, -0.2) is 27.4 Å². The molecule has 0 spiro atoms. The quantitative estimate of drug-likeness (QED) is 0.857. The van der Waals surface area contributed by atoms with E-state index in [0.717, 1.165) is 39.7 Å². The molecule has 0 saturated carbocycles. The van der Waals surface area contributed by atoms with Crippen LogP contribution in [0.5, 0.6) is 0 Å². The third kappa shape index (κ3) is 2.67. The molecule has 1 fully saturated rings. The van der Waals surface area contributed by atoms with E-state index in [0.29, 0.717) is 11.1 Å². The third-order valence-electron chi connectivity index (χ3n) is 3.47. The summed E-state index contributed by atoms with van der Waals surface area (Å²) in [5.74, 6) is 4.79. The maximum Gasteiger partial charge on any atom is 0.258 e. The summed E-state index contributed by atoms with van der Waals surface area (Å²) in [5.41, 5.74) is 9.86. The molecule has 0 bridgehead atoms. The van der Waals surface area contributed by atoms with Gasteiger partial charge in [-0.05, 0) is 37.1 Å². The van der Waals surface area contributed by atoms with Gasteiger partial charge < -0.3 is 10.3 Å². The van der Waals surface area contributed by atoms with E-state index < -0.39 is 0 Å². The highest BCUT2D eigenvalue weighted by Gasteiger charge is 2.23. The topological polar surface area (TPSA) is 64.9 Å². The highest BCUT2D eigenvalue weighted by Crippen LogP contribution is 2.36. The Labute approximate surface area is 126 Å². The van der Waals surface area contributed by atoms with Gasteiger partial charge in [-0.2, -0.15) is 16.7 Å². The Balaban J connectivity index is 1.93. The Morgan fingerprint density at radius 2 is 2.15 bits per heavy atom. The average molecular weight is 307 g/mol. The van der Waals surface area contributed by atoms with E-state index in [4.69, 9.17) is 10.3 Å². The Bertz CT molecular complexity index is 621. The van der Waals surface area contributed by atoms with Gasteiger partial charge in [0.2, 0.25) is 0 Å². The Morgan fingerprint density at radius 1 is 1.30 bits per heavy atom. The van der Waals surface area contributed by atoms with Gasteiger partial charge in [0, 0.05) is 28.5 Å². The zero-order valence-corrected chi connectivity index (χ0v) is 13.2. The number of nitrogen functional groups attached to an aromatic ring is 1. The molecule has 1 aromatic heterocycles. The lowest BCUT2D eigenvalue weighted by Gasteiger charge is -2.17. The lowest BCUT2D eigenvalue weighted by atomic mass is 10.0. The number of benzene rings is 1. The fraction of sp³-hybridized carbons (Fsp3) is 0.429. The summed E-state index contributed by atoms with van der Waals surface area (Å²) in [6, 6.07) is 3.87. The fourth-order valence-electron chi connectivity index (χ4n) is 2.22. The van der Waals surface area contributed by atoms with E-state index in [1.807, 2.05) is 42.6 Å². The zero-order chi connectivity index (χ0) is 14.1. The van der Waals surface area contributed by atoms with Crippen molar-refractivity contribution in [2.75, 3.05) is 23.0 Å². The summed E-state index contributed by atoms with van der Waals surface area (Å²) in [6.45, 7) is 4.10. The molecule has 2 heterocycles. The van der Waals surface area contributed by atoms with Gasteiger partial charge >= 0.3 is 0 Å². The van der Waals surface area contributed by atoms with E-state index in [2.05, 4.69) is 17.1 Å². The summed E-state index contributed by atoms with van der Waals surface area (Å²) < 4.78 is 5.46. The van der Waals surface area contributed by atoms with Crippen molar-refractivity contribution in [1.29, 1.82) is 0 Å². The molecule has 1 aromatic carbocycles. The van der Waals surface area contributed by atoms with E-state index in [-0.39, 0.29) is 0 Å². The zero-order valence-electron chi connectivity index (χ0n) is 11.5. The smallest absolute Gasteiger partial charge is 0.258 e. The lowest BCUT2D eigenvalue weighted by molar-refractivity contribution is 0.423. The van der Waals surface area contributed by atoms with Crippen LogP contribution in [-0.2, 0) is 0 Å². The van der Waals surface area contributed by atoms with Gasteiger partial charge in [0.15, 0.2) is 5.82 Å². The van der Waals surface area contributed by atoms with Crippen molar-refractivity contribution >= 4 is 29.2 Å². The predicted octanol–water partition coefficient (Wildman–Crippen LogP) is 3.46. The molecule has 0 aliphatic carbocycles. The first-order valence-corrected chi connectivity index (χ1v) is 8.75. The number of hydrogen-bond donors (Lipinski definition) is 1. The first-order chi connectivity index (χ1) is 9.65. The Hall–Kier alpha value is -1.14. The van der Waals surface area contributed by atoms with Gasteiger partial charge in [-0.3, -0.25) is 0 Å². The van der Waals surface area contributed by atoms with Gasteiger partial charge in [-0.25, -0.2) is 0 Å². The number of aromatic nitrogens is 2. The summed E-state index contributed by atoms with van der Waals surface area (Å²) >= 11 is 3.85. The van der Waals surface area contributed by atoms with Crippen LogP contribution < -0.4 is 5.73 Å². The second kappa shape index (κ2) is 5.69. The number of nitrogens with two attached hydrogens (primary N) is 1. The molecule has 3 rings (SSSR count). The minimum atomic E-state index is 0.341. The maximum atomic E-state index is 5.92. The SMILES string of the molecule is Cc1cc(N)cc(-c2nc(C3CSCCS3)no2)c1C. The van der Waals surface area contributed by atoms with Crippen LogP contribution in [0.1, 0.15) is 22.2 Å². The van der Waals surface area contributed by atoms with Crippen LogP contribution in [0.15, 0.2) is 16.7 Å². The molecule has 1 atom stereocenters. The molecule has 1 aliphatic rings. The first kappa shape index (κ1) is 13.8. The van der Waals surface area contributed by atoms with Gasteiger partial charge in [0.25, 0.3) is 5.89 Å². The number of thioether (sulfide) groups is 2. The molecular weight excluding hydrogens is 290 g/mol. The summed E-state index contributed by atoms with van der Waals surface area (Å²) in [4.78, 5) is 4.58. The number of anilines is 1. The molecule has 2 aromatic rings. The van der Waals surface area contributed by atoms with Gasteiger partial charge in [0.05, 0.1) is 5.25 Å². The Morgan fingerprint density at radius 3 is 2.90 bits per heavy atom. The molecule has 4 nitrogen and oxygen atoms in total. The van der Waals surface area contributed by atoms with Crippen molar-refractivity contribution in [3.63, 3.8) is 0 Å². The van der Waals surface area contributed by atoms with Gasteiger partial charge in [-0.15, -0.1) is 11.8 Å². The molecule has 6 heteroatoms. The minimum absolute atomic E-state index is 0.341. The summed E-state index contributed by atoms with van der Waals surface area (Å²) in [5, 5.41) is 4.50. The molecule has 106 valence electrons. The monoisotopic (exact) mass is 307 g/mol. The van der Waals surface area contributed by atoms with E-state index in [1.54, 1.807) is 0 Å². The molecule has 2 N–H and O–H groups in total. The summed E-state index contributed by atoms with van der Waals surface area (Å²) in [7, 11) is 0. The number of nitrogens with zero attached hydrogens (tertiary/aromatic N) is 2. The van der Waals surface area contributed by atoms with E-state index in [1.165, 1.54) is 5.75 Å². The van der Waals surface area contributed by atoms with Crippen LogP contribution in [0.4, 0.5) is 5.69 Å². The van der Waals surface area contributed by atoms with Gasteiger partial charge in [0.1, 0.15) is 0 Å². The largest absolute Gasteiger partial charge is 0.399 e. The number of aryl methyl sites for hydroxylation is 1. The molecule has 1 aliphatic heterocycles. The summed E-state index contributed by atoms with van der Waals surface area (Å²) in [6.07, 6.45) is 0. The standard InChI is InChI=1S/C14H17N3OS2/c1-8-5-10(15)6-11(9(8)2)14-16-13(17-18-14)12-7-19-3-4-20-12/h5-6,12H,3-4,7,15H2,1-2H3. The fourth-order valence-corrected chi connectivity index (χ4v) is 4.81. The van der Waals surface area contributed by atoms with Crippen molar-refractivity contribution in [2.24, 2.45) is 0 Å². The molecular formula is C14H17N3OS2. The average Bonchev–Trinajstić information content (AvgIpc) is 2.93. The van der Waals surface area contributed by atoms with Gasteiger partial charge in [-0.1, -0.05) is 5.16 Å². The van der Waals surface area contributed by atoms with Crippen molar-refractivity contribution in [3.05, 3.63) is 29.1 Å². The molecule has 20 heavy (non-hydrogen) atoms. The third-order valence-corrected chi connectivity index (χ3v) is 6.22. The first-order valence-electron chi connectivity index (χ1n) is 6.55. The molecule has 1 unspecified atom stereocenters. The molecule has 0 amide bonds. The minimum Gasteiger partial charge on any atom is -0.399 e. The predicted molar refractivity (Wildman–Crippen MR) is 86.1 cm³/mol. The maximum absolute atomic E-state index is 5.92. The highest BCUT2D eigenvalue weighted by atomic mass is 32.2. The lowest BCUT2D eigenvalue weighted by Crippen LogP contribution is -2.07. The molecule has 0 radical (unpaired) electrons. The van der Waals surface area contributed by atoms with Crippen molar-refractivity contribution < 1.29 is 4.52 Å². The van der Waals surface area contributed by atoms with Crippen molar-refractivity contribution in [3.8, 4) is 11.5 Å². The second-order valence-electron chi connectivity index (χ2n) is 4.90. The Kier molecular flexibility index (Phi) is 3.94. The molecule has 1 saturated heterocycles. The number of rotatable bonds is 2. The van der Waals surface area contributed by atoms with Crippen molar-refractivity contribution in [2.45, 2.75) is 19.1 Å². The number of hydrogen-bond acceptors (Lipinski definition) is 6. The van der Waals surface area contributed by atoms with Crippen LogP contribution in [0.25, 0.3) is 11.5 Å². The van der Waals surface area contributed by atoms with Crippen molar-refractivity contribution in [1.82, 2.24) is 10.1 Å². The van der Waals surface area contributed by atoms with E-state index >= 15 is 0 Å². The van der Waals surface area contributed by atoms with Crippen LogP contribution in [0.3, 0.4) is 0 Å². The van der Waals surface area contributed by atoms with E-state index in [9.17, 15) is 0 Å². The van der Waals surface area contributed by atoms with Crippen LogP contribution in [0.2, 0.25) is 0 Å². The second-order valence-corrected chi connectivity index (χ2v) is 7.36. The van der Waals surface area contributed by atoms with Crippen LogP contribution >= 0.6 is 23.5 Å². The normalized spacial score (nSPS) is 19.2. The van der Waals surface area contributed by atoms with Crippen LogP contribution in [0, 0.1) is 13.8 Å².